The molecule has 0 bridgehead atoms. The van der Waals surface area contributed by atoms with Gasteiger partial charge in [-0.3, -0.25) is 4.79 Å². The zero-order chi connectivity index (χ0) is 26.5. The molecule has 0 fully saturated rings. The Kier molecular flexibility index (Phi) is 10.9. The first kappa shape index (κ1) is 27.8. The second kappa shape index (κ2) is 14.1. The maximum atomic E-state index is 12.6. The number of ether oxygens (including phenoxy) is 5. The molecule has 0 saturated heterocycles. The van der Waals surface area contributed by atoms with Gasteiger partial charge in [0, 0.05) is 11.6 Å². The maximum Gasteiger partial charge on any atom is 0.343 e. The van der Waals surface area contributed by atoms with Crippen LogP contribution in [0.1, 0.15) is 35.2 Å². The molecule has 9 nitrogen and oxygen atoms in total. The number of unbranched alkanes of at least 4 members (excludes halogenated alkanes) is 1. The molecule has 0 saturated carbocycles. The number of rotatable bonds is 13. The van der Waals surface area contributed by atoms with E-state index in [0.29, 0.717) is 42.9 Å². The predicted molar refractivity (Wildman–Crippen MR) is 130 cm³/mol. The quantitative estimate of drug-likeness (QED) is 0.175. The van der Waals surface area contributed by atoms with Gasteiger partial charge in [0.15, 0.2) is 0 Å². The molecule has 190 valence electrons. The van der Waals surface area contributed by atoms with Gasteiger partial charge >= 0.3 is 23.9 Å². The van der Waals surface area contributed by atoms with Gasteiger partial charge in [-0.1, -0.05) is 13.2 Å². The number of hydrogen-bond donors (Lipinski definition) is 0. The molecule has 0 spiro atoms. The van der Waals surface area contributed by atoms with Crippen LogP contribution in [0.15, 0.2) is 67.3 Å². The predicted octanol–water partition coefficient (Wildman–Crippen LogP) is 4.13. The van der Waals surface area contributed by atoms with Crippen molar-refractivity contribution in [1.29, 1.82) is 0 Å². The van der Waals surface area contributed by atoms with Crippen molar-refractivity contribution in [2.45, 2.75) is 26.2 Å². The van der Waals surface area contributed by atoms with E-state index in [2.05, 4.69) is 17.9 Å². The summed E-state index contributed by atoms with van der Waals surface area (Å²) in [5.41, 5.74) is 0.995. The van der Waals surface area contributed by atoms with E-state index in [-0.39, 0.29) is 23.5 Å². The zero-order valence-corrected chi connectivity index (χ0v) is 20.2. The summed E-state index contributed by atoms with van der Waals surface area (Å²) in [6.07, 6.45) is 2.19. The smallest absolute Gasteiger partial charge is 0.343 e. The highest BCUT2D eigenvalue weighted by Crippen LogP contribution is 2.22. The lowest BCUT2D eigenvalue weighted by molar-refractivity contribution is -0.141. The van der Waals surface area contributed by atoms with Crippen molar-refractivity contribution in [3.63, 3.8) is 0 Å². The number of methoxy groups -OCH3 is 1. The topological polar surface area (TPSA) is 114 Å². The molecular formula is C27H28O9. The molecule has 0 radical (unpaired) electrons. The lowest BCUT2D eigenvalue weighted by Crippen LogP contribution is -2.14. The summed E-state index contributed by atoms with van der Waals surface area (Å²) in [6, 6.07) is 10.9. The molecular weight excluding hydrogens is 468 g/mol. The lowest BCUT2D eigenvalue weighted by Gasteiger charge is -2.11. The van der Waals surface area contributed by atoms with Crippen molar-refractivity contribution < 1.29 is 42.9 Å². The molecule has 2 rings (SSSR count). The molecule has 0 aliphatic carbocycles. The maximum absolute atomic E-state index is 12.6. The van der Waals surface area contributed by atoms with Gasteiger partial charge in [-0.2, -0.15) is 0 Å². The van der Waals surface area contributed by atoms with Crippen molar-refractivity contribution in [2.75, 3.05) is 20.3 Å². The molecule has 0 aromatic heterocycles. The van der Waals surface area contributed by atoms with Crippen LogP contribution in [0, 0.1) is 6.92 Å². The van der Waals surface area contributed by atoms with Gasteiger partial charge in [0.1, 0.15) is 17.2 Å². The van der Waals surface area contributed by atoms with Gasteiger partial charge < -0.3 is 23.7 Å². The van der Waals surface area contributed by atoms with E-state index in [1.807, 2.05) is 0 Å². The van der Waals surface area contributed by atoms with E-state index < -0.39 is 23.9 Å². The Morgan fingerprint density at radius 1 is 0.889 bits per heavy atom. The molecule has 0 heterocycles. The summed E-state index contributed by atoms with van der Waals surface area (Å²) in [6.45, 7) is 9.33. The third-order valence-corrected chi connectivity index (χ3v) is 4.76. The van der Waals surface area contributed by atoms with Crippen LogP contribution < -0.4 is 14.2 Å². The standard InChI is InChI=1S/C27H28O9/c1-5-24(28)34-15-7-6-14-33-22-12-13-23(18(2)16-22)27(31)36-21-10-8-20(9-11-21)35-26(30)19(3)17-25(29)32-4/h5,8-13,16H,1,3,6-7,14-15,17H2,2,4H3. The molecule has 0 aliphatic rings. The molecule has 36 heavy (non-hydrogen) atoms. The molecule has 0 atom stereocenters. The van der Waals surface area contributed by atoms with E-state index >= 15 is 0 Å². The SMILES string of the molecule is C=CC(=O)OCCCCOc1ccc(C(=O)Oc2ccc(OC(=O)C(=C)CC(=O)OC)cc2)c(C)c1. The highest BCUT2D eigenvalue weighted by Gasteiger charge is 2.16. The van der Waals surface area contributed by atoms with Crippen LogP contribution in [0.5, 0.6) is 17.2 Å². The second-order valence-corrected chi connectivity index (χ2v) is 7.51. The van der Waals surface area contributed by atoms with Crippen LogP contribution in [0.2, 0.25) is 0 Å². The fourth-order valence-corrected chi connectivity index (χ4v) is 2.82. The van der Waals surface area contributed by atoms with E-state index in [4.69, 9.17) is 18.9 Å². The first-order chi connectivity index (χ1) is 17.2. The Hall–Kier alpha value is -4.40. The fourth-order valence-electron chi connectivity index (χ4n) is 2.82. The first-order valence-electron chi connectivity index (χ1n) is 11.0. The second-order valence-electron chi connectivity index (χ2n) is 7.51. The van der Waals surface area contributed by atoms with Crippen LogP contribution >= 0.6 is 0 Å². The van der Waals surface area contributed by atoms with E-state index in [9.17, 15) is 19.2 Å². The normalized spacial score (nSPS) is 10.1. The van der Waals surface area contributed by atoms with Crippen molar-refractivity contribution in [3.8, 4) is 17.2 Å². The zero-order valence-electron chi connectivity index (χ0n) is 20.2. The summed E-state index contributed by atoms with van der Waals surface area (Å²) in [4.78, 5) is 46.8. The molecule has 9 heteroatoms. The fraction of sp³-hybridized carbons (Fsp3) is 0.259. The number of benzene rings is 2. The summed E-state index contributed by atoms with van der Waals surface area (Å²) in [5.74, 6) is -1.32. The van der Waals surface area contributed by atoms with Crippen LogP contribution in [0.25, 0.3) is 0 Å². The first-order valence-corrected chi connectivity index (χ1v) is 11.0. The van der Waals surface area contributed by atoms with Gasteiger partial charge in [0.05, 0.1) is 32.3 Å². The highest BCUT2D eigenvalue weighted by molar-refractivity contribution is 5.94. The van der Waals surface area contributed by atoms with Gasteiger partial charge in [-0.25, -0.2) is 14.4 Å². The van der Waals surface area contributed by atoms with E-state index in [1.54, 1.807) is 25.1 Å². The summed E-state index contributed by atoms with van der Waals surface area (Å²) >= 11 is 0. The summed E-state index contributed by atoms with van der Waals surface area (Å²) < 4.78 is 25.6. The number of esters is 4. The van der Waals surface area contributed by atoms with Crippen LogP contribution in [0.4, 0.5) is 0 Å². The number of carbonyl (C=O) groups excluding carboxylic acids is 4. The number of carbonyl (C=O) groups is 4. The minimum atomic E-state index is -0.765. The van der Waals surface area contributed by atoms with Gasteiger partial charge in [0.25, 0.3) is 0 Å². The molecule has 0 N–H and O–H groups in total. The molecule has 0 aliphatic heterocycles. The average molecular weight is 497 g/mol. The van der Waals surface area contributed by atoms with E-state index in [1.165, 1.54) is 31.4 Å². The van der Waals surface area contributed by atoms with Crippen LogP contribution in [0.3, 0.4) is 0 Å². The Bertz CT molecular complexity index is 1120. The average Bonchev–Trinajstić information content (AvgIpc) is 2.86. The Morgan fingerprint density at radius 3 is 2.11 bits per heavy atom. The van der Waals surface area contributed by atoms with Gasteiger partial charge in [-0.05, 0) is 67.8 Å². The number of hydrogen-bond acceptors (Lipinski definition) is 9. The van der Waals surface area contributed by atoms with Gasteiger partial charge in [-0.15, -0.1) is 0 Å². The largest absolute Gasteiger partial charge is 0.494 e. The summed E-state index contributed by atoms with van der Waals surface area (Å²) in [7, 11) is 1.21. The molecule has 2 aromatic carbocycles. The molecule has 0 unspecified atom stereocenters. The Morgan fingerprint density at radius 2 is 1.50 bits per heavy atom. The van der Waals surface area contributed by atoms with Crippen molar-refractivity contribution in [3.05, 3.63) is 78.4 Å². The molecule has 2 aromatic rings. The Labute approximate surface area is 209 Å². The number of aryl methyl sites for hydroxylation is 1. The minimum absolute atomic E-state index is 0.0470. The van der Waals surface area contributed by atoms with Crippen molar-refractivity contribution >= 4 is 23.9 Å². The third kappa shape index (κ3) is 9.09. The van der Waals surface area contributed by atoms with Crippen molar-refractivity contribution in [2.24, 2.45) is 0 Å². The van der Waals surface area contributed by atoms with Crippen molar-refractivity contribution in [1.82, 2.24) is 0 Å². The molecule has 0 amide bonds. The summed E-state index contributed by atoms with van der Waals surface area (Å²) in [5, 5.41) is 0. The van der Waals surface area contributed by atoms with Crippen LogP contribution in [-0.4, -0.2) is 44.2 Å². The lowest BCUT2D eigenvalue weighted by atomic mass is 10.1. The van der Waals surface area contributed by atoms with Gasteiger partial charge in [0.2, 0.25) is 0 Å². The third-order valence-electron chi connectivity index (χ3n) is 4.76. The van der Waals surface area contributed by atoms with Crippen LogP contribution in [-0.2, 0) is 23.9 Å². The van der Waals surface area contributed by atoms with E-state index in [0.717, 1.165) is 6.08 Å². The monoisotopic (exact) mass is 496 g/mol. The highest BCUT2D eigenvalue weighted by atomic mass is 16.5. The Balaban J connectivity index is 1.84. The minimum Gasteiger partial charge on any atom is -0.494 e.